The van der Waals surface area contributed by atoms with E-state index in [4.69, 9.17) is 10.5 Å². The molecule has 78 valence electrons. The molecule has 2 heteroatoms. The van der Waals surface area contributed by atoms with E-state index in [1.165, 1.54) is 5.57 Å². The van der Waals surface area contributed by atoms with E-state index in [-0.39, 0.29) is 12.1 Å². The summed E-state index contributed by atoms with van der Waals surface area (Å²) in [6, 6.07) is 0.109. The minimum absolute atomic E-state index is 0.109. The Morgan fingerprint density at radius 2 is 2.08 bits per heavy atom. The van der Waals surface area contributed by atoms with Crippen LogP contribution in [0.15, 0.2) is 12.2 Å². The summed E-state index contributed by atoms with van der Waals surface area (Å²) in [7, 11) is 1.73. The van der Waals surface area contributed by atoms with Crippen molar-refractivity contribution in [1.82, 2.24) is 0 Å². The third-order valence-electron chi connectivity index (χ3n) is 2.38. The summed E-state index contributed by atoms with van der Waals surface area (Å²) in [5.41, 5.74) is 7.22. The highest BCUT2D eigenvalue weighted by molar-refractivity contribution is 4.97. The topological polar surface area (TPSA) is 35.2 Å². The maximum Gasteiger partial charge on any atom is 0.0725 e. The predicted molar refractivity (Wildman–Crippen MR) is 57.7 cm³/mol. The minimum atomic E-state index is 0.109. The molecule has 0 aromatic carbocycles. The molecular formula is C11H23NO. The molecule has 0 spiro atoms. The van der Waals surface area contributed by atoms with Gasteiger partial charge in [0.1, 0.15) is 0 Å². The lowest BCUT2D eigenvalue weighted by molar-refractivity contribution is 0.0725. The largest absolute Gasteiger partial charge is 0.380 e. The van der Waals surface area contributed by atoms with Crippen LogP contribution in [-0.2, 0) is 4.74 Å². The Morgan fingerprint density at radius 3 is 2.46 bits per heavy atom. The zero-order valence-corrected chi connectivity index (χ0v) is 9.18. The Balaban J connectivity index is 3.89. The van der Waals surface area contributed by atoms with E-state index >= 15 is 0 Å². The van der Waals surface area contributed by atoms with Crippen LogP contribution in [0.25, 0.3) is 0 Å². The lowest BCUT2D eigenvalue weighted by Gasteiger charge is -2.22. The molecule has 0 rings (SSSR count). The van der Waals surface area contributed by atoms with Gasteiger partial charge in [0, 0.05) is 13.2 Å². The third kappa shape index (κ3) is 5.06. The van der Waals surface area contributed by atoms with Gasteiger partial charge >= 0.3 is 0 Å². The summed E-state index contributed by atoms with van der Waals surface area (Å²) in [6.45, 7) is 8.21. The zero-order chi connectivity index (χ0) is 10.3. The van der Waals surface area contributed by atoms with Gasteiger partial charge in [-0.25, -0.2) is 0 Å². The van der Waals surface area contributed by atoms with Crippen LogP contribution in [0.5, 0.6) is 0 Å². The summed E-state index contributed by atoms with van der Waals surface area (Å²) < 4.78 is 5.33. The molecule has 0 bridgehead atoms. The summed E-state index contributed by atoms with van der Waals surface area (Å²) in [4.78, 5) is 0. The van der Waals surface area contributed by atoms with E-state index < -0.39 is 0 Å². The van der Waals surface area contributed by atoms with Gasteiger partial charge in [-0.3, -0.25) is 0 Å². The summed E-state index contributed by atoms with van der Waals surface area (Å²) in [6.07, 6.45) is 4.23. The molecule has 0 aromatic rings. The summed E-state index contributed by atoms with van der Waals surface area (Å²) >= 11 is 0. The van der Waals surface area contributed by atoms with Crippen LogP contribution in [0.2, 0.25) is 0 Å². The molecule has 2 nitrogen and oxygen atoms in total. The predicted octanol–water partition coefficient (Wildman–Crippen LogP) is 2.49. The Hall–Kier alpha value is -0.340. The Bertz CT molecular complexity index is 145. The van der Waals surface area contributed by atoms with Crippen molar-refractivity contribution < 1.29 is 4.74 Å². The van der Waals surface area contributed by atoms with Crippen molar-refractivity contribution in [3.8, 4) is 0 Å². The molecule has 2 N–H and O–H groups in total. The molecule has 2 unspecified atom stereocenters. The highest BCUT2D eigenvalue weighted by atomic mass is 16.5. The molecule has 0 radical (unpaired) electrons. The molecule has 0 heterocycles. The van der Waals surface area contributed by atoms with E-state index in [9.17, 15) is 0 Å². The molecule has 0 aliphatic rings. The van der Waals surface area contributed by atoms with E-state index in [1.54, 1.807) is 7.11 Å². The van der Waals surface area contributed by atoms with E-state index in [1.807, 2.05) is 0 Å². The van der Waals surface area contributed by atoms with Gasteiger partial charge in [0.2, 0.25) is 0 Å². The van der Waals surface area contributed by atoms with Crippen LogP contribution in [0, 0.1) is 0 Å². The van der Waals surface area contributed by atoms with Crippen molar-refractivity contribution in [2.24, 2.45) is 5.73 Å². The number of hydrogen-bond donors (Lipinski definition) is 1. The number of ether oxygens (including phenoxy) is 1. The van der Waals surface area contributed by atoms with Crippen LogP contribution in [-0.4, -0.2) is 19.3 Å². The molecule has 0 saturated heterocycles. The number of rotatable bonds is 7. The van der Waals surface area contributed by atoms with Crippen LogP contribution in [0.4, 0.5) is 0 Å². The molecular weight excluding hydrogens is 162 g/mol. The highest BCUT2D eigenvalue weighted by Crippen LogP contribution is 2.13. The van der Waals surface area contributed by atoms with Crippen molar-refractivity contribution in [3.05, 3.63) is 12.2 Å². The van der Waals surface area contributed by atoms with E-state index in [2.05, 4.69) is 20.4 Å². The molecule has 0 amide bonds. The second-order valence-corrected chi connectivity index (χ2v) is 3.53. The van der Waals surface area contributed by atoms with Crippen LogP contribution >= 0.6 is 0 Å². The van der Waals surface area contributed by atoms with Gasteiger partial charge < -0.3 is 10.5 Å². The first-order chi connectivity index (χ1) is 6.15. The van der Waals surface area contributed by atoms with Gasteiger partial charge in [-0.15, -0.1) is 0 Å². The van der Waals surface area contributed by atoms with Crippen LogP contribution in [0.3, 0.4) is 0 Å². The van der Waals surface area contributed by atoms with Crippen LogP contribution in [0.1, 0.15) is 39.5 Å². The average Bonchev–Trinajstić information content (AvgIpc) is 2.13. The van der Waals surface area contributed by atoms with Gasteiger partial charge in [-0.1, -0.05) is 32.4 Å². The standard InChI is InChI=1S/C11H23NO/c1-5-7-11(13-4)10(12)8-9(3)6-2/h10-11H,3,5-8,12H2,1-2,4H3. The lowest BCUT2D eigenvalue weighted by atomic mass is 9.99. The molecule has 13 heavy (non-hydrogen) atoms. The number of hydrogen-bond acceptors (Lipinski definition) is 2. The first kappa shape index (κ1) is 12.7. The first-order valence-corrected chi connectivity index (χ1v) is 5.10. The van der Waals surface area contributed by atoms with E-state index in [0.29, 0.717) is 0 Å². The van der Waals surface area contributed by atoms with Gasteiger partial charge in [0.05, 0.1) is 6.10 Å². The number of methoxy groups -OCH3 is 1. The van der Waals surface area contributed by atoms with Crippen molar-refractivity contribution in [2.45, 2.75) is 51.7 Å². The Kier molecular flexibility index (Phi) is 6.92. The fourth-order valence-corrected chi connectivity index (χ4v) is 1.40. The van der Waals surface area contributed by atoms with Gasteiger partial charge in [-0.05, 0) is 19.3 Å². The zero-order valence-electron chi connectivity index (χ0n) is 9.18. The first-order valence-electron chi connectivity index (χ1n) is 5.10. The molecule has 2 atom stereocenters. The molecule has 0 aliphatic carbocycles. The van der Waals surface area contributed by atoms with Gasteiger partial charge in [0.15, 0.2) is 0 Å². The highest BCUT2D eigenvalue weighted by Gasteiger charge is 2.16. The fraction of sp³-hybridized carbons (Fsp3) is 0.818. The Morgan fingerprint density at radius 1 is 1.46 bits per heavy atom. The molecule has 0 aliphatic heterocycles. The van der Waals surface area contributed by atoms with E-state index in [0.717, 1.165) is 25.7 Å². The lowest BCUT2D eigenvalue weighted by Crippen LogP contribution is -2.36. The molecule has 0 fully saturated rings. The second kappa shape index (κ2) is 7.10. The normalized spacial score (nSPS) is 15.4. The third-order valence-corrected chi connectivity index (χ3v) is 2.38. The van der Waals surface area contributed by atoms with Crippen molar-refractivity contribution in [1.29, 1.82) is 0 Å². The smallest absolute Gasteiger partial charge is 0.0725 e. The quantitative estimate of drug-likeness (QED) is 0.618. The second-order valence-electron chi connectivity index (χ2n) is 3.53. The Labute approximate surface area is 82.2 Å². The van der Waals surface area contributed by atoms with Gasteiger partial charge in [0.25, 0.3) is 0 Å². The maximum absolute atomic E-state index is 6.01. The summed E-state index contributed by atoms with van der Waals surface area (Å²) in [5, 5.41) is 0. The summed E-state index contributed by atoms with van der Waals surface area (Å²) in [5.74, 6) is 0. The van der Waals surface area contributed by atoms with Crippen molar-refractivity contribution in [3.63, 3.8) is 0 Å². The average molecular weight is 185 g/mol. The van der Waals surface area contributed by atoms with Crippen molar-refractivity contribution in [2.75, 3.05) is 7.11 Å². The molecule has 0 aromatic heterocycles. The minimum Gasteiger partial charge on any atom is -0.380 e. The monoisotopic (exact) mass is 185 g/mol. The maximum atomic E-state index is 6.01. The fourth-order valence-electron chi connectivity index (χ4n) is 1.40. The molecule has 0 saturated carbocycles. The van der Waals surface area contributed by atoms with Crippen LogP contribution < -0.4 is 5.73 Å². The van der Waals surface area contributed by atoms with Gasteiger partial charge in [-0.2, -0.15) is 0 Å². The van der Waals surface area contributed by atoms with Crippen molar-refractivity contribution >= 4 is 0 Å². The number of nitrogens with two attached hydrogens (primary N) is 1. The SMILES string of the molecule is C=C(CC)CC(N)C(CCC)OC.